The van der Waals surface area contributed by atoms with E-state index < -0.39 is 0 Å². The van der Waals surface area contributed by atoms with Gasteiger partial charge in [-0.1, -0.05) is 121 Å². The minimum Gasteiger partial charge on any atom is -0.455 e. The van der Waals surface area contributed by atoms with E-state index >= 15 is 0 Å². The molecule has 0 atom stereocenters. The van der Waals surface area contributed by atoms with E-state index in [1.165, 1.54) is 16.7 Å². The highest BCUT2D eigenvalue weighted by Gasteiger charge is 2.27. The molecule has 5 aromatic carbocycles. The van der Waals surface area contributed by atoms with Crippen LogP contribution in [0.3, 0.4) is 0 Å². The molecule has 0 fully saturated rings. The topological polar surface area (TPSA) is 13.1 Å². The highest BCUT2D eigenvalue weighted by molar-refractivity contribution is 5.98. The zero-order chi connectivity index (χ0) is 26.0. The van der Waals surface area contributed by atoms with Crippen LogP contribution in [0.4, 0.5) is 0 Å². The van der Waals surface area contributed by atoms with Crippen molar-refractivity contribution in [1.82, 2.24) is 0 Å². The van der Waals surface area contributed by atoms with Crippen molar-refractivity contribution < 1.29 is 4.42 Å². The smallest absolute Gasteiger partial charge is 0.142 e. The second-order valence-corrected chi connectivity index (χ2v) is 9.85. The van der Waals surface area contributed by atoms with Gasteiger partial charge in [0.1, 0.15) is 11.5 Å². The summed E-state index contributed by atoms with van der Waals surface area (Å²) >= 11 is 0. The Morgan fingerprint density at radius 2 is 1.26 bits per heavy atom. The summed E-state index contributed by atoms with van der Waals surface area (Å²) in [6.45, 7) is 0. The number of fused-ring (bicyclic) bond motifs is 1. The molecular weight excluding hydrogens is 472 g/mol. The summed E-state index contributed by atoms with van der Waals surface area (Å²) in [5.41, 5.74) is 11.4. The molecule has 184 valence electrons. The van der Waals surface area contributed by atoms with E-state index in [2.05, 4.69) is 127 Å². The molecular formula is C38H26O. The van der Waals surface area contributed by atoms with Crippen molar-refractivity contribution in [3.05, 3.63) is 151 Å². The number of hydrogen-bond donors (Lipinski definition) is 0. The molecule has 1 heterocycles. The number of hydrogen-bond acceptors (Lipinski definition) is 1. The van der Waals surface area contributed by atoms with Crippen LogP contribution in [-0.4, -0.2) is 0 Å². The van der Waals surface area contributed by atoms with Crippen molar-refractivity contribution in [3.63, 3.8) is 0 Å². The van der Waals surface area contributed by atoms with Gasteiger partial charge < -0.3 is 4.42 Å². The summed E-state index contributed by atoms with van der Waals surface area (Å²) in [6.07, 6.45) is 6.43. The van der Waals surface area contributed by atoms with E-state index in [1.54, 1.807) is 0 Å². The second kappa shape index (κ2) is 10.0. The summed E-state index contributed by atoms with van der Waals surface area (Å²) < 4.78 is 6.93. The van der Waals surface area contributed by atoms with Crippen molar-refractivity contribution >= 4 is 6.08 Å². The van der Waals surface area contributed by atoms with Gasteiger partial charge >= 0.3 is 0 Å². The summed E-state index contributed by atoms with van der Waals surface area (Å²) in [6, 6.07) is 48.9. The van der Waals surface area contributed by atoms with Crippen LogP contribution in [0.1, 0.15) is 17.5 Å². The van der Waals surface area contributed by atoms with Gasteiger partial charge in [0.05, 0.1) is 0 Å². The van der Waals surface area contributed by atoms with Gasteiger partial charge in [-0.25, -0.2) is 0 Å². The molecule has 0 saturated carbocycles. The number of benzene rings is 4. The third kappa shape index (κ3) is 4.27. The van der Waals surface area contributed by atoms with E-state index in [0.29, 0.717) is 0 Å². The van der Waals surface area contributed by atoms with Crippen LogP contribution in [0.5, 0.6) is 0 Å². The van der Waals surface area contributed by atoms with Crippen LogP contribution >= 0.6 is 0 Å². The molecule has 1 aliphatic carbocycles. The highest BCUT2D eigenvalue weighted by atomic mass is 16.3. The van der Waals surface area contributed by atoms with Crippen molar-refractivity contribution in [2.24, 2.45) is 0 Å². The Hall–Kier alpha value is -5.06. The molecule has 0 bridgehead atoms. The lowest BCUT2D eigenvalue weighted by Gasteiger charge is -2.18. The van der Waals surface area contributed by atoms with Crippen molar-refractivity contribution in [1.29, 1.82) is 0 Å². The standard InChI is InChI=1S/C38H26O/c1-5-15-27(16-6-1)31-25-34(28-17-7-2-8-18-28)36(35(26-31)29-19-9-3-10-20-29)38-33-24-14-13-23-32(33)37(39-38)30-21-11-4-12-22-30/h1-9,11-13,15-19,21-23,25-26H,14,24H2. The number of allylic oxidation sites excluding steroid dienone is 1. The fourth-order valence-corrected chi connectivity index (χ4v) is 5.59. The monoisotopic (exact) mass is 498 g/mol. The lowest BCUT2D eigenvalue weighted by atomic mass is 9.84. The Morgan fingerprint density at radius 3 is 1.95 bits per heavy atom. The van der Waals surface area contributed by atoms with Crippen molar-refractivity contribution in [2.45, 2.75) is 12.8 Å². The minimum absolute atomic E-state index is 0.928. The van der Waals surface area contributed by atoms with Gasteiger partial charge in [0.2, 0.25) is 0 Å². The molecule has 0 amide bonds. The normalized spacial score (nSPS) is 12.1. The van der Waals surface area contributed by atoms with Crippen LogP contribution in [0, 0.1) is 12.1 Å². The highest BCUT2D eigenvalue weighted by Crippen LogP contribution is 2.48. The predicted octanol–water partition coefficient (Wildman–Crippen LogP) is 10.2. The lowest BCUT2D eigenvalue weighted by molar-refractivity contribution is 0.594. The molecule has 7 rings (SSSR count). The molecule has 0 spiro atoms. The number of rotatable bonds is 5. The molecule has 1 heteroatoms. The van der Waals surface area contributed by atoms with Gasteiger partial charge in [-0.2, -0.15) is 0 Å². The predicted molar refractivity (Wildman–Crippen MR) is 161 cm³/mol. The summed E-state index contributed by atoms with van der Waals surface area (Å²) in [7, 11) is 0. The zero-order valence-corrected chi connectivity index (χ0v) is 21.5. The molecule has 1 aliphatic rings. The second-order valence-electron chi connectivity index (χ2n) is 9.85. The maximum atomic E-state index is 6.93. The molecule has 0 saturated heterocycles. The van der Waals surface area contributed by atoms with Crippen LogP contribution in [0.2, 0.25) is 0 Å². The van der Waals surface area contributed by atoms with Crippen LogP contribution in [-0.2, 0) is 6.42 Å². The van der Waals surface area contributed by atoms with E-state index in [9.17, 15) is 0 Å². The summed E-state index contributed by atoms with van der Waals surface area (Å²) in [5.74, 6) is 1.87. The van der Waals surface area contributed by atoms with Crippen molar-refractivity contribution in [3.8, 4) is 56.0 Å². The Bertz CT molecular complexity index is 1700. The molecule has 0 radical (unpaired) electrons. The largest absolute Gasteiger partial charge is 0.455 e. The third-order valence-electron chi connectivity index (χ3n) is 7.43. The molecule has 1 nitrogen and oxygen atoms in total. The Labute approximate surface area is 229 Å². The van der Waals surface area contributed by atoms with Gasteiger partial charge in [0.25, 0.3) is 0 Å². The Balaban J connectivity index is 1.59. The quantitative estimate of drug-likeness (QED) is 0.230. The Morgan fingerprint density at radius 1 is 0.590 bits per heavy atom. The van der Waals surface area contributed by atoms with E-state index in [1.807, 2.05) is 18.2 Å². The zero-order valence-electron chi connectivity index (χ0n) is 21.5. The maximum Gasteiger partial charge on any atom is 0.142 e. The fourth-order valence-electron chi connectivity index (χ4n) is 5.59. The average Bonchev–Trinajstić information content (AvgIpc) is 3.41. The summed E-state index contributed by atoms with van der Waals surface area (Å²) in [4.78, 5) is 0. The SMILES string of the molecule is c1cccc(-c2cc(-c3ccccc3)cc(-c3ccccc3)c2-c2oc(-c3ccccc3)c3c2CCC=C3)c#1. The van der Waals surface area contributed by atoms with Crippen molar-refractivity contribution in [2.75, 3.05) is 0 Å². The molecule has 1 aromatic heterocycles. The van der Waals surface area contributed by atoms with Gasteiger partial charge in [-0.3, -0.25) is 0 Å². The van der Waals surface area contributed by atoms with E-state index in [4.69, 9.17) is 4.42 Å². The van der Waals surface area contributed by atoms with Gasteiger partial charge in [-0.15, -0.1) is 0 Å². The van der Waals surface area contributed by atoms with Crippen LogP contribution < -0.4 is 0 Å². The maximum absolute atomic E-state index is 6.93. The summed E-state index contributed by atoms with van der Waals surface area (Å²) in [5, 5.41) is 0. The molecule has 0 aliphatic heterocycles. The first kappa shape index (κ1) is 23.1. The first-order valence-corrected chi connectivity index (χ1v) is 13.4. The lowest BCUT2D eigenvalue weighted by Crippen LogP contribution is -1.97. The first-order valence-electron chi connectivity index (χ1n) is 13.4. The first-order chi connectivity index (χ1) is 19.4. The van der Waals surface area contributed by atoms with Gasteiger partial charge in [0.15, 0.2) is 0 Å². The van der Waals surface area contributed by atoms with E-state index in [-0.39, 0.29) is 0 Å². The number of furan rings is 1. The Kier molecular flexibility index (Phi) is 5.93. The van der Waals surface area contributed by atoms with Crippen LogP contribution in [0.15, 0.2) is 132 Å². The molecule has 39 heavy (non-hydrogen) atoms. The van der Waals surface area contributed by atoms with E-state index in [0.717, 1.165) is 63.3 Å². The third-order valence-corrected chi connectivity index (χ3v) is 7.43. The molecule has 0 N–H and O–H groups in total. The molecule has 0 unspecified atom stereocenters. The average molecular weight is 499 g/mol. The molecule has 6 aromatic rings. The minimum atomic E-state index is 0.928. The van der Waals surface area contributed by atoms with Gasteiger partial charge in [0, 0.05) is 33.4 Å². The van der Waals surface area contributed by atoms with Gasteiger partial charge in [-0.05, 0) is 59.4 Å². The fraction of sp³-hybridized carbons (Fsp3) is 0.0526. The van der Waals surface area contributed by atoms with Crippen LogP contribution in [0.25, 0.3) is 62.1 Å².